The summed E-state index contributed by atoms with van der Waals surface area (Å²) in [4.78, 5) is 13.6. The number of hydrogen-bond acceptors (Lipinski definition) is 6. The highest BCUT2D eigenvalue weighted by molar-refractivity contribution is 5.61. The van der Waals surface area contributed by atoms with E-state index in [0.29, 0.717) is 11.8 Å². The number of aromatic nitrogens is 2. The molecule has 0 unspecified atom stereocenters. The van der Waals surface area contributed by atoms with Crippen LogP contribution in [0, 0.1) is 11.8 Å². The van der Waals surface area contributed by atoms with Crippen LogP contribution >= 0.6 is 0 Å². The molecule has 0 saturated carbocycles. The molecule has 0 bridgehead atoms. The molecule has 0 radical (unpaired) electrons. The summed E-state index contributed by atoms with van der Waals surface area (Å²) in [6, 6.07) is 0. The third-order valence-corrected chi connectivity index (χ3v) is 4.50. The van der Waals surface area contributed by atoms with Gasteiger partial charge in [0, 0.05) is 64.6 Å². The predicted octanol–water partition coefficient (Wildman–Crippen LogP) is 1.42. The van der Waals surface area contributed by atoms with E-state index < -0.39 is 0 Å². The van der Waals surface area contributed by atoms with E-state index in [2.05, 4.69) is 33.9 Å². The average Bonchev–Trinajstić information content (AvgIpc) is 3.21. The molecule has 0 N–H and O–H groups in total. The molecule has 2 aliphatic heterocycles. The summed E-state index contributed by atoms with van der Waals surface area (Å²) in [5, 5.41) is 0. The van der Waals surface area contributed by atoms with Gasteiger partial charge in [0.25, 0.3) is 0 Å². The normalized spacial score (nSPS) is 24.6. The molecule has 3 rings (SSSR count). The van der Waals surface area contributed by atoms with E-state index >= 15 is 0 Å². The quantitative estimate of drug-likeness (QED) is 0.792. The molecule has 2 saturated heterocycles. The molecule has 0 amide bonds. The fourth-order valence-corrected chi connectivity index (χ4v) is 3.26. The molecule has 22 heavy (non-hydrogen) atoms. The van der Waals surface area contributed by atoms with Gasteiger partial charge in [-0.05, 0) is 12.8 Å². The van der Waals surface area contributed by atoms with E-state index in [0.717, 1.165) is 64.0 Å². The summed E-state index contributed by atoms with van der Waals surface area (Å²) in [6.07, 6.45) is 5.81. The Balaban J connectivity index is 1.67. The van der Waals surface area contributed by atoms with Crippen molar-refractivity contribution in [2.75, 3.05) is 63.4 Å². The lowest BCUT2D eigenvalue weighted by atomic mass is 10.1. The molecule has 0 aliphatic carbocycles. The first kappa shape index (κ1) is 15.5. The van der Waals surface area contributed by atoms with Crippen LogP contribution in [0.5, 0.6) is 0 Å². The molecule has 122 valence electrons. The molecule has 6 nitrogen and oxygen atoms in total. The minimum absolute atomic E-state index is 0.591. The van der Waals surface area contributed by atoms with Crippen LogP contribution in [0.25, 0.3) is 0 Å². The molecule has 0 aromatic carbocycles. The Morgan fingerprint density at radius 1 is 0.909 bits per heavy atom. The zero-order valence-corrected chi connectivity index (χ0v) is 13.6. The third-order valence-electron chi connectivity index (χ3n) is 4.50. The fourth-order valence-electron chi connectivity index (χ4n) is 3.26. The van der Waals surface area contributed by atoms with Crippen LogP contribution in [0.3, 0.4) is 0 Å². The Morgan fingerprint density at radius 3 is 1.73 bits per heavy atom. The molecular formula is C16H26N4O2. The van der Waals surface area contributed by atoms with Gasteiger partial charge in [-0.2, -0.15) is 0 Å². The minimum Gasteiger partial charge on any atom is -0.381 e. The first-order chi connectivity index (χ1) is 10.7. The zero-order chi connectivity index (χ0) is 15.4. The lowest BCUT2D eigenvalue weighted by molar-refractivity contribution is 0.186. The van der Waals surface area contributed by atoms with Crippen molar-refractivity contribution in [3.63, 3.8) is 0 Å². The fraction of sp³-hybridized carbons (Fsp3) is 0.750. The molecule has 6 heteroatoms. The van der Waals surface area contributed by atoms with E-state index in [1.807, 2.05) is 0 Å². The van der Waals surface area contributed by atoms with Crippen LogP contribution < -0.4 is 9.80 Å². The standard InChI is InChI=1S/C16H26N4O2/c1-19(9-13-3-7-21-11-13)15-16(18-6-5-17-15)20(2)10-14-4-8-22-12-14/h5-6,13-14H,3-4,7-12H2,1-2H3/t13-,14-/m0/s1. The van der Waals surface area contributed by atoms with Gasteiger partial charge in [0.2, 0.25) is 0 Å². The highest BCUT2D eigenvalue weighted by Gasteiger charge is 2.23. The van der Waals surface area contributed by atoms with Crippen molar-refractivity contribution >= 4 is 11.6 Å². The van der Waals surface area contributed by atoms with Gasteiger partial charge in [-0.15, -0.1) is 0 Å². The van der Waals surface area contributed by atoms with Crippen LogP contribution in [0.4, 0.5) is 11.6 Å². The van der Waals surface area contributed by atoms with Gasteiger partial charge in [-0.1, -0.05) is 0 Å². The monoisotopic (exact) mass is 306 g/mol. The molecule has 1 aromatic heterocycles. The Morgan fingerprint density at radius 2 is 1.36 bits per heavy atom. The van der Waals surface area contributed by atoms with Gasteiger partial charge in [-0.25, -0.2) is 9.97 Å². The number of nitrogens with zero attached hydrogens (tertiary/aromatic N) is 4. The maximum Gasteiger partial charge on any atom is 0.171 e. The van der Waals surface area contributed by atoms with Crippen molar-refractivity contribution in [2.24, 2.45) is 11.8 Å². The zero-order valence-electron chi connectivity index (χ0n) is 13.6. The second-order valence-corrected chi connectivity index (χ2v) is 6.42. The van der Waals surface area contributed by atoms with Crippen LogP contribution in [0.2, 0.25) is 0 Å². The van der Waals surface area contributed by atoms with Gasteiger partial charge >= 0.3 is 0 Å². The summed E-state index contributed by atoms with van der Waals surface area (Å²) in [7, 11) is 4.19. The van der Waals surface area contributed by atoms with Gasteiger partial charge in [0.1, 0.15) is 0 Å². The second kappa shape index (κ2) is 7.24. The Kier molecular flexibility index (Phi) is 5.10. The van der Waals surface area contributed by atoms with Crippen molar-refractivity contribution in [1.29, 1.82) is 0 Å². The third kappa shape index (κ3) is 3.67. The summed E-state index contributed by atoms with van der Waals surface area (Å²) >= 11 is 0. The van der Waals surface area contributed by atoms with E-state index in [1.165, 1.54) is 0 Å². The van der Waals surface area contributed by atoms with Crippen LogP contribution in [0.1, 0.15) is 12.8 Å². The van der Waals surface area contributed by atoms with Crippen molar-refractivity contribution in [3.8, 4) is 0 Å². The number of hydrogen-bond donors (Lipinski definition) is 0. The first-order valence-corrected chi connectivity index (χ1v) is 8.13. The van der Waals surface area contributed by atoms with Crippen molar-refractivity contribution in [1.82, 2.24) is 9.97 Å². The average molecular weight is 306 g/mol. The predicted molar refractivity (Wildman–Crippen MR) is 86.4 cm³/mol. The second-order valence-electron chi connectivity index (χ2n) is 6.42. The van der Waals surface area contributed by atoms with E-state index in [4.69, 9.17) is 9.47 Å². The number of anilines is 2. The molecule has 0 spiro atoms. The van der Waals surface area contributed by atoms with Crippen LogP contribution in [-0.2, 0) is 9.47 Å². The van der Waals surface area contributed by atoms with Gasteiger partial charge in [0.15, 0.2) is 11.6 Å². The first-order valence-electron chi connectivity index (χ1n) is 8.13. The van der Waals surface area contributed by atoms with Gasteiger partial charge < -0.3 is 19.3 Å². The van der Waals surface area contributed by atoms with Crippen LogP contribution in [-0.4, -0.2) is 63.6 Å². The SMILES string of the molecule is CN(C[C@@H]1CCOC1)c1nccnc1N(C)C[C@@H]1CCOC1. The Bertz CT molecular complexity index is 430. The Hall–Kier alpha value is -1.40. The highest BCUT2D eigenvalue weighted by Crippen LogP contribution is 2.26. The van der Waals surface area contributed by atoms with E-state index in [9.17, 15) is 0 Å². The van der Waals surface area contributed by atoms with E-state index in [-0.39, 0.29) is 0 Å². The summed E-state index contributed by atoms with van der Waals surface area (Å²) in [5.41, 5.74) is 0. The molecule has 2 atom stereocenters. The smallest absolute Gasteiger partial charge is 0.171 e. The van der Waals surface area contributed by atoms with Crippen molar-refractivity contribution in [3.05, 3.63) is 12.4 Å². The van der Waals surface area contributed by atoms with Gasteiger partial charge in [0.05, 0.1) is 13.2 Å². The summed E-state index contributed by atoms with van der Waals surface area (Å²) in [6.45, 7) is 5.41. The van der Waals surface area contributed by atoms with Crippen molar-refractivity contribution in [2.45, 2.75) is 12.8 Å². The van der Waals surface area contributed by atoms with Gasteiger partial charge in [-0.3, -0.25) is 0 Å². The molecule has 1 aromatic rings. The summed E-state index contributed by atoms with van der Waals surface area (Å²) in [5.74, 6) is 3.09. The molecule has 3 heterocycles. The number of ether oxygens (including phenoxy) is 2. The minimum atomic E-state index is 0.591. The highest BCUT2D eigenvalue weighted by atomic mass is 16.5. The largest absolute Gasteiger partial charge is 0.381 e. The Labute approximate surface area is 132 Å². The lowest BCUT2D eigenvalue weighted by Crippen LogP contribution is -2.31. The molecule has 2 aliphatic rings. The molecular weight excluding hydrogens is 280 g/mol. The summed E-state index contributed by atoms with van der Waals surface area (Å²) < 4.78 is 10.9. The molecule has 2 fully saturated rings. The van der Waals surface area contributed by atoms with Crippen LogP contribution in [0.15, 0.2) is 12.4 Å². The maximum absolute atomic E-state index is 5.47. The topological polar surface area (TPSA) is 50.7 Å². The number of rotatable bonds is 6. The van der Waals surface area contributed by atoms with E-state index in [1.54, 1.807) is 12.4 Å². The maximum atomic E-state index is 5.47. The van der Waals surface area contributed by atoms with Crippen molar-refractivity contribution < 1.29 is 9.47 Å². The lowest BCUT2D eigenvalue weighted by Gasteiger charge is -2.28.